The van der Waals surface area contributed by atoms with Gasteiger partial charge in [0, 0.05) is 6.54 Å². The molecule has 0 spiro atoms. The molecule has 5 heteroatoms. The molecule has 25 heavy (non-hydrogen) atoms. The minimum Gasteiger partial charge on any atom is -0.497 e. The molecule has 0 fully saturated rings. The van der Waals surface area contributed by atoms with Crippen molar-refractivity contribution in [3.63, 3.8) is 0 Å². The second-order valence-corrected chi connectivity index (χ2v) is 5.69. The standard InChI is InChI=1S/C20H24FNO3/c1-3-18(25-19-12-5-4-11-17(19)21)20(23)22-13-7-9-15-8-6-10-16(14-15)24-2/h4-6,8,10-12,14,18H,3,7,9,13H2,1-2H3,(H,22,23). The average molecular weight is 345 g/mol. The van der Waals surface area contributed by atoms with Crippen LogP contribution in [0.15, 0.2) is 48.5 Å². The van der Waals surface area contributed by atoms with Crippen molar-refractivity contribution >= 4 is 5.91 Å². The lowest BCUT2D eigenvalue weighted by molar-refractivity contribution is -0.128. The molecule has 0 radical (unpaired) electrons. The van der Waals surface area contributed by atoms with Gasteiger partial charge in [0.1, 0.15) is 5.75 Å². The second-order valence-electron chi connectivity index (χ2n) is 5.69. The van der Waals surface area contributed by atoms with Crippen molar-refractivity contribution in [3.8, 4) is 11.5 Å². The predicted octanol–water partition coefficient (Wildman–Crippen LogP) is 3.74. The fourth-order valence-electron chi connectivity index (χ4n) is 2.46. The lowest BCUT2D eigenvalue weighted by atomic mass is 10.1. The summed E-state index contributed by atoms with van der Waals surface area (Å²) in [6.07, 6.45) is 1.40. The highest BCUT2D eigenvalue weighted by Gasteiger charge is 2.19. The van der Waals surface area contributed by atoms with Gasteiger partial charge >= 0.3 is 0 Å². The average Bonchev–Trinajstić information content (AvgIpc) is 2.64. The summed E-state index contributed by atoms with van der Waals surface area (Å²) in [5, 5.41) is 2.85. The first-order valence-electron chi connectivity index (χ1n) is 8.46. The Bertz CT molecular complexity index is 690. The molecular weight excluding hydrogens is 321 g/mol. The lowest BCUT2D eigenvalue weighted by Gasteiger charge is -2.17. The van der Waals surface area contributed by atoms with Crippen LogP contribution in [0.3, 0.4) is 0 Å². The Labute approximate surface area is 148 Å². The third-order valence-corrected chi connectivity index (χ3v) is 3.84. The van der Waals surface area contributed by atoms with Crippen molar-refractivity contribution < 1.29 is 18.7 Å². The topological polar surface area (TPSA) is 47.6 Å². The van der Waals surface area contributed by atoms with Crippen molar-refractivity contribution in [2.45, 2.75) is 32.3 Å². The number of nitrogens with one attached hydrogen (secondary N) is 1. The number of amides is 1. The van der Waals surface area contributed by atoms with Crippen LogP contribution in [0.4, 0.5) is 4.39 Å². The molecule has 2 aromatic carbocycles. The Balaban J connectivity index is 1.79. The summed E-state index contributed by atoms with van der Waals surface area (Å²) in [6, 6.07) is 14.0. The highest BCUT2D eigenvalue weighted by molar-refractivity contribution is 5.81. The van der Waals surface area contributed by atoms with Crippen LogP contribution in [0.25, 0.3) is 0 Å². The molecule has 0 aliphatic carbocycles. The van der Waals surface area contributed by atoms with Crippen LogP contribution in [0, 0.1) is 5.82 Å². The first kappa shape index (κ1) is 18.8. The summed E-state index contributed by atoms with van der Waals surface area (Å²) >= 11 is 0. The predicted molar refractivity (Wildman–Crippen MR) is 95.4 cm³/mol. The second kappa shape index (κ2) is 9.67. The normalized spacial score (nSPS) is 11.6. The first-order valence-corrected chi connectivity index (χ1v) is 8.46. The summed E-state index contributed by atoms with van der Waals surface area (Å²) in [5.41, 5.74) is 1.16. The highest BCUT2D eigenvalue weighted by atomic mass is 19.1. The number of carbonyl (C=O) groups excluding carboxylic acids is 1. The summed E-state index contributed by atoms with van der Waals surface area (Å²) in [7, 11) is 1.64. The molecule has 1 atom stereocenters. The fraction of sp³-hybridized carbons (Fsp3) is 0.350. The zero-order valence-electron chi connectivity index (χ0n) is 14.6. The molecule has 2 aromatic rings. The molecule has 0 heterocycles. The number of halogens is 1. The number of hydrogen-bond acceptors (Lipinski definition) is 3. The van der Waals surface area contributed by atoms with Crippen molar-refractivity contribution in [3.05, 3.63) is 59.9 Å². The lowest BCUT2D eigenvalue weighted by Crippen LogP contribution is -2.38. The molecule has 4 nitrogen and oxygen atoms in total. The molecule has 0 saturated carbocycles. The molecule has 0 aromatic heterocycles. The molecular formula is C20H24FNO3. The SMILES string of the molecule is CCC(Oc1ccccc1F)C(=O)NCCCc1cccc(OC)c1. The number of carbonyl (C=O) groups is 1. The maximum atomic E-state index is 13.6. The summed E-state index contributed by atoms with van der Waals surface area (Å²) in [4.78, 5) is 12.2. The zero-order valence-corrected chi connectivity index (χ0v) is 14.6. The maximum absolute atomic E-state index is 13.6. The first-order chi connectivity index (χ1) is 12.1. The molecule has 134 valence electrons. The van der Waals surface area contributed by atoms with E-state index in [1.165, 1.54) is 12.1 Å². The molecule has 0 bridgehead atoms. The Kier molecular flexibility index (Phi) is 7.26. The number of methoxy groups -OCH3 is 1. The van der Waals surface area contributed by atoms with Crippen molar-refractivity contribution in [2.24, 2.45) is 0 Å². The monoisotopic (exact) mass is 345 g/mol. The Morgan fingerprint density at radius 3 is 2.72 bits per heavy atom. The maximum Gasteiger partial charge on any atom is 0.261 e. The summed E-state index contributed by atoms with van der Waals surface area (Å²) < 4.78 is 24.3. The van der Waals surface area contributed by atoms with E-state index in [4.69, 9.17) is 9.47 Å². The van der Waals surface area contributed by atoms with Crippen LogP contribution in [0.5, 0.6) is 11.5 Å². The third kappa shape index (κ3) is 5.78. The Hall–Kier alpha value is -2.56. The minimum absolute atomic E-state index is 0.0980. The van der Waals surface area contributed by atoms with Gasteiger partial charge in [0.25, 0.3) is 5.91 Å². The number of ether oxygens (including phenoxy) is 2. The molecule has 1 amide bonds. The van der Waals surface area contributed by atoms with Gasteiger partial charge in [0.15, 0.2) is 17.7 Å². The minimum atomic E-state index is -0.700. The van der Waals surface area contributed by atoms with Gasteiger partial charge in [-0.25, -0.2) is 4.39 Å². The van der Waals surface area contributed by atoms with E-state index < -0.39 is 11.9 Å². The molecule has 0 saturated heterocycles. The van der Waals surface area contributed by atoms with Gasteiger partial charge in [-0.2, -0.15) is 0 Å². The fourth-order valence-corrected chi connectivity index (χ4v) is 2.46. The van der Waals surface area contributed by atoms with Crippen LogP contribution in [0.2, 0.25) is 0 Å². The van der Waals surface area contributed by atoms with Gasteiger partial charge in [0.2, 0.25) is 0 Å². The molecule has 0 aliphatic rings. The van der Waals surface area contributed by atoms with E-state index in [9.17, 15) is 9.18 Å². The van der Waals surface area contributed by atoms with Gasteiger partial charge in [-0.15, -0.1) is 0 Å². The van der Waals surface area contributed by atoms with E-state index >= 15 is 0 Å². The van der Waals surface area contributed by atoms with Crippen molar-refractivity contribution in [2.75, 3.05) is 13.7 Å². The third-order valence-electron chi connectivity index (χ3n) is 3.84. The van der Waals surface area contributed by atoms with Gasteiger partial charge in [0.05, 0.1) is 7.11 Å². The van der Waals surface area contributed by atoms with Crippen LogP contribution in [-0.4, -0.2) is 25.7 Å². The Morgan fingerprint density at radius 2 is 2.00 bits per heavy atom. The van der Waals surface area contributed by atoms with E-state index in [1.54, 1.807) is 19.2 Å². The van der Waals surface area contributed by atoms with Gasteiger partial charge in [-0.3, -0.25) is 4.79 Å². The summed E-state index contributed by atoms with van der Waals surface area (Å²) in [5.74, 6) is 0.231. The number of rotatable bonds is 9. The summed E-state index contributed by atoms with van der Waals surface area (Å²) in [6.45, 7) is 2.37. The van der Waals surface area contributed by atoms with Gasteiger partial charge < -0.3 is 14.8 Å². The van der Waals surface area contributed by atoms with Crippen LogP contribution >= 0.6 is 0 Å². The number of para-hydroxylation sites is 1. The molecule has 1 unspecified atom stereocenters. The Morgan fingerprint density at radius 1 is 1.20 bits per heavy atom. The van der Waals surface area contributed by atoms with Crippen molar-refractivity contribution in [1.82, 2.24) is 5.32 Å². The van der Waals surface area contributed by atoms with Gasteiger partial charge in [-0.1, -0.05) is 31.2 Å². The van der Waals surface area contributed by atoms with E-state index in [0.29, 0.717) is 13.0 Å². The van der Waals surface area contributed by atoms with Crippen molar-refractivity contribution in [1.29, 1.82) is 0 Å². The van der Waals surface area contributed by atoms with E-state index in [-0.39, 0.29) is 11.7 Å². The zero-order chi connectivity index (χ0) is 18.1. The number of aryl methyl sites for hydroxylation is 1. The van der Waals surface area contributed by atoms with Crippen LogP contribution in [0.1, 0.15) is 25.3 Å². The quantitative estimate of drug-likeness (QED) is 0.704. The van der Waals surface area contributed by atoms with E-state index in [2.05, 4.69) is 5.32 Å². The van der Waals surface area contributed by atoms with E-state index in [0.717, 1.165) is 24.2 Å². The number of hydrogen-bond donors (Lipinski definition) is 1. The largest absolute Gasteiger partial charge is 0.497 e. The molecule has 0 aliphatic heterocycles. The smallest absolute Gasteiger partial charge is 0.261 e. The molecule has 1 N–H and O–H groups in total. The van der Waals surface area contributed by atoms with Crippen LogP contribution < -0.4 is 14.8 Å². The van der Waals surface area contributed by atoms with Gasteiger partial charge in [-0.05, 0) is 49.1 Å². The highest BCUT2D eigenvalue weighted by Crippen LogP contribution is 2.18. The van der Waals surface area contributed by atoms with Crippen LogP contribution in [-0.2, 0) is 11.2 Å². The molecule has 2 rings (SSSR count). The number of benzene rings is 2. The van der Waals surface area contributed by atoms with E-state index in [1.807, 2.05) is 31.2 Å².